The van der Waals surface area contributed by atoms with Gasteiger partial charge in [-0.2, -0.15) is 0 Å². The summed E-state index contributed by atoms with van der Waals surface area (Å²) in [5.41, 5.74) is 3.22. The highest BCUT2D eigenvalue weighted by molar-refractivity contribution is 5.95. The maximum Gasteiger partial charge on any atom is 0.251 e. The summed E-state index contributed by atoms with van der Waals surface area (Å²) in [6.45, 7) is 5.22. The molecular formula is C15H22N2O. The first-order chi connectivity index (χ1) is 8.70. The highest BCUT2D eigenvalue weighted by Crippen LogP contribution is 2.22. The summed E-state index contributed by atoms with van der Waals surface area (Å²) in [6, 6.07) is 6.20. The van der Waals surface area contributed by atoms with Crippen LogP contribution in [0.4, 0.5) is 5.69 Å². The van der Waals surface area contributed by atoms with E-state index < -0.39 is 0 Å². The Hall–Kier alpha value is -1.51. The summed E-state index contributed by atoms with van der Waals surface area (Å²) in [7, 11) is 0. The standard InChI is InChI=1S/C15H22N2O/c1-3-5-11(2)17-15(18)13-7-8-14-12(10-13)6-4-9-16-14/h7-8,10-11,16H,3-6,9H2,1-2H3,(H,17,18). The second-order valence-corrected chi connectivity index (χ2v) is 5.07. The zero-order valence-corrected chi connectivity index (χ0v) is 11.3. The van der Waals surface area contributed by atoms with Crippen LogP contribution in [0, 0.1) is 0 Å². The minimum absolute atomic E-state index is 0.0457. The summed E-state index contributed by atoms with van der Waals surface area (Å²) in [5, 5.41) is 6.40. The molecule has 3 nitrogen and oxygen atoms in total. The van der Waals surface area contributed by atoms with Crippen molar-refractivity contribution >= 4 is 11.6 Å². The van der Waals surface area contributed by atoms with E-state index in [1.165, 1.54) is 11.3 Å². The molecule has 1 amide bonds. The molecule has 1 aromatic rings. The van der Waals surface area contributed by atoms with E-state index in [-0.39, 0.29) is 11.9 Å². The maximum absolute atomic E-state index is 12.1. The molecule has 2 N–H and O–H groups in total. The SMILES string of the molecule is CCCC(C)NC(=O)c1ccc2c(c1)CCCN2. The largest absolute Gasteiger partial charge is 0.385 e. The van der Waals surface area contributed by atoms with Crippen molar-refractivity contribution in [3.63, 3.8) is 0 Å². The van der Waals surface area contributed by atoms with Gasteiger partial charge in [0.25, 0.3) is 5.91 Å². The average Bonchev–Trinajstić information content (AvgIpc) is 2.38. The van der Waals surface area contributed by atoms with Crippen molar-refractivity contribution in [2.45, 2.75) is 45.6 Å². The quantitative estimate of drug-likeness (QED) is 0.857. The van der Waals surface area contributed by atoms with Crippen LogP contribution in [0.2, 0.25) is 0 Å². The number of fused-ring (bicyclic) bond motifs is 1. The van der Waals surface area contributed by atoms with E-state index in [2.05, 4.69) is 24.5 Å². The van der Waals surface area contributed by atoms with Crippen LogP contribution in [-0.4, -0.2) is 18.5 Å². The lowest BCUT2D eigenvalue weighted by Gasteiger charge is -2.19. The van der Waals surface area contributed by atoms with E-state index in [9.17, 15) is 4.79 Å². The Morgan fingerprint density at radius 1 is 1.50 bits per heavy atom. The Morgan fingerprint density at radius 3 is 3.11 bits per heavy atom. The summed E-state index contributed by atoms with van der Waals surface area (Å²) in [6.07, 6.45) is 4.33. The molecule has 0 saturated carbocycles. The number of benzene rings is 1. The van der Waals surface area contributed by atoms with Gasteiger partial charge in [0.2, 0.25) is 0 Å². The van der Waals surface area contributed by atoms with Crippen LogP contribution in [0.1, 0.15) is 49.0 Å². The highest BCUT2D eigenvalue weighted by atomic mass is 16.1. The van der Waals surface area contributed by atoms with Gasteiger partial charge in [-0.15, -0.1) is 0 Å². The fourth-order valence-electron chi connectivity index (χ4n) is 2.43. The fourth-order valence-corrected chi connectivity index (χ4v) is 2.43. The van der Waals surface area contributed by atoms with Crippen molar-refractivity contribution in [1.29, 1.82) is 0 Å². The molecule has 0 spiro atoms. The molecule has 1 aliphatic heterocycles. The molecule has 1 heterocycles. The van der Waals surface area contributed by atoms with Gasteiger partial charge in [0.1, 0.15) is 0 Å². The average molecular weight is 246 g/mol. The van der Waals surface area contributed by atoms with E-state index in [0.29, 0.717) is 0 Å². The molecule has 0 aliphatic carbocycles. The first-order valence-electron chi connectivity index (χ1n) is 6.88. The van der Waals surface area contributed by atoms with Gasteiger partial charge in [0, 0.05) is 23.8 Å². The number of carbonyl (C=O) groups excluding carboxylic acids is 1. The van der Waals surface area contributed by atoms with Crippen molar-refractivity contribution in [2.24, 2.45) is 0 Å². The molecule has 1 unspecified atom stereocenters. The lowest BCUT2D eigenvalue weighted by atomic mass is 10.0. The molecule has 3 heteroatoms. The van der Waals surface area contributed by atoms with Crippen LogP contribution in [0.3, 0.4) is 0 Å². The zero-order chi connectivity index (χ0) is 13.0. The number of nitrogens with one attached hydrogen (secondary N) is 2. The predicted octanol–water partition coefficient (Wildman–Crippen LogP) is 2.96. The van der Waals surface area contributed by atoms with Gasteiger partial charge in [-0.1, -0.05) is 13.3 Å². The third-order valence-electron chi connectivity index (χ3n) is 3.40. The Morgan fingerprint density at radius 2 is 2.33 bits per heavy atom. The van der Waals surface area contributed by atoms with Crippen molar-refractivity contribution in [2.75, 3.05) is 11.9 Å². The number of anilines is 1. The molecule has 0 aromatic heterocycles. The molecule has 18 heavy (non-hydrogen) atoms. The molecule has 0 bridgehead atoms. The molecule has 98 valence electrons. The number of hydrogen-bond donors (Lipinski definition) is 2. The lowest BCUT2D eigenvalue weighted by molar-refractivity contribution is 0.0938. The van der Waals surface area contributed by atoms with E-state index >= 15 is 0 Å². The Labute approximate surface area is 109 Å². The van der Waals surface area contributed by atoms with Crippen molar-refractivity contribution in [3.8, 4) is 0 Å². The fraction of sp³-hybridized carbons (Fsp3) is 0.533. The normalized spacial score (nSPS) is 15.4. The van der Waals surface area contributed by atoms with Gasteiger partial charge in [-0.05, 0) is 49.9 Å². The highest BCUT2D eigenvalue weighted by Gasteiger charge is 2.13. The van der Waals surface area contributed by atoms with E-state index in [1.807, 2.05) is 18.2 Å². The molecular weight excluding hydrogens is 224 g/mol. The monoisotopic (exact) mass is 246 g/mol. The van der Waals surface area contributed by atoms with Crippen LogP contribution < -0.4 is 10.6 Å². The minimum Gasteiger partial charge on any atom is -0.385 e. The van der Waals surface area contributed by atoms with Crippen LogP contribution in [-0.2, 0) is 6.42 Å². The minimum atomic E-state index is 0.0457. The number of amides is 1. The van der Waals surface area contributed by atoms with Crippen LogP contribution >= 0.6 is 0 Å². The van der Waals surface area contributed by atoms with Gasteiger partial charge < -0.3 is 10.6 Å². The predicted molar refractivity (Wildman–Crippen MR) is 75.1 cm³/mol. The smallest absolute Gasteiger partial charge is 0.251 e. The first kappa shape index (κ1) is 12.9. The Bertz CT molecular complexity index is 429. The third kappa shape index (κ3) is 3.03. The summed E-state index contributed by atoms with van der Waals surface area (Å²) >= 11 is 0. The van der Waals surface area contributed by atoms with Crippen LogP contribution in [0.25, 0.3) is 0 Å². The topological polar surface area (TPSA) is 41.1 Å². The summed E-state index contributed by atoms with van der Waals surface area (Å²) < 4.78 is 0. The third-order valence-corrected chi connectivity index (χ3v) is 3.40. The number of hydrogen-bond acceptors (Lipinski definition) is 2. The molecule has 1 atom stereocenters. The summed E-state index contributed by atoms with van der Waals surface area (Å²) in [4.78, 5) is 12.1. The molecule has 0 radical (unpaired) electrons. The first-order valence-corrected chi connectivity index (χ1v) is 6.88. The Balaban J connectivity index is 2.06. The second kappa shape index (κ2) is 5.89. The van der Waals surface area contributed by atoms with Gasteiger partial charge in [0.05, 0.1) is 0 Å². The zero-order valence-electron chi connectivity index (χ0n) is 11.3. The van der Waals surface area contributed by atoms with Gasteiger partial charge >= 0.3 is 0 Å². The summed E-state index contributed by atoms with van der Waals surface area (Å²) in [5.74, 6) is 0.0457. The second-order valence-electron chi connectivity index (χ2n) is 5.07. The molecule has 0 saturated heterocycles. The number of carbonyl (C=O) groups is 1. The molecule has 2 rings (SSSR count). The van der Waals surface area contributed by atoms with E-state index in [1.54, 1.807) is 0 Å². The van der Waals surface area contributed by atoms with Crippen molar-refractivity contribution < 1.29 is 4.79 Å². The van der Waals surface area contributed by atoms with Crippen LogP contribution in [0.15, 0.2) is 18.2 Å². The van der Waals surface area contributed by atoms with Gasteiger partial charge in [-0.3, -0.25) is 4.79 Å². The van der Waals surface area contributed by atoms with Crippen molar-refractivity contribution in [3.05, 3.63) is 29.3 Å². The molecule has 0 fully saturated rings. The van der Waals surface area contributed by atoms with Crippen LogP contribution in [0.5, 0.6) is 0 Å². The van der Waals surface area contributed by atoms with E-state index in [0.717, 1.165) is 37.8 Å². The maximum atomic E-state index is 12.1. The van der Waals surface area contributed by atoms with Gasteiger partial charge in [0.15, 0.2) is 0 Å². The van der Waals surface area contributed by atoms with E-state index in [4.69, 9.17) is 0 Å². The lowest BCUT2D eigenvalue weighted by Crippen LogP contribution is -2.32. The molecule has 1 aromatic carbocycles. The molecule has 1 aliphatic rings. The number of aryl methyl sites for hydroxylation is 1. The number of rotatable bonds is 4. The van der Waals surface area contributed by atoms with Gasteiger partial charge in [-0.25, -0.2) is 0 Å². The Kier molecular flexibility index (Phi) is 4.24. The van der Waals surface area contributed by atoms with Crippen molar-refractivity contribution in [1.82, 2.24) is 5.32 Å².